The molecular formula is C17H15N3O3S. The van der Waals surface area contributed by atoms with Gasteiger partial charge in [0, 0.05) is 41.0 Å². The number of thiophene rings is 1. The van der Waals surface area contributed by atoms with Crippen molar-refractivity contribution >= 4 is 11.3 Å². The highest BCUT2D eigenvalue weighted by atomic mass is 32.1. The van der Waals surface area contributed by atoms with E-state index in [1.807, 2.05) is 24.3 Å². The van der Waals surface area contributed by atoms with Crippen LogP contribution < -0.4 is 0 Å². The van der Waals surface area contributed by atoms with E-state index in [1.165, 1.54) is 17.4 Å². The number of aromatic hydroxyl groups is 2. The molecule has 0 bridgehead atoms. The molecule has 1 saturated heterocycles. The van der Waals surface area contributed by atoms with Gasteiger partial charge in [0.25, 0.3) is 0 Å². The molecule has 1 aromatic heterocycles. The van der Waals surface area contributed by atoms with Gasteiger partial charge in [-0.25, -0.2) is 0 Å². The lowest BCUT2D eigenvalue weighted by Crippen LogP contribution is -2.35. The first-order chi connectivity index (χ1) is 11.6. The number of hydrogen-bond acceptors (Lipinski definition) is 7. The summed E-state index contributed by atoms with van der Waals surface area (Å²) >= 11 is 1.48. The lowest BCUT2D eigenvalue weighted by Gasteiger charge is -2.25. The molecule has 1 aliphatic rings. The van der Waals surface area contributed by atoms with E-state index in [4.69, 9.17) is 4.74 Å². The fraction of sp³-hybridized carbons (Fsp3) is 0.294. The Morgan fingerprint density at radius 2 is 1.92 bits per heavy atom. The molecule has 2 heterocycles. The number of ether oxygens (including phenoxy) is 1. The van der Waals surface area contributed by atoms with Crippen molar-refractivity contribution in [1.29, 1.82) is 10.5 Å². The molecule has 2 aromatic rings. The zero-order valence-electron chi connectivity index (χ0n) is 12.8. The number of phenolic OH excluding ortho intramolecular Hbond substituents is 2. The number of hydrogen-bond donors (Lipinski definition) is 2. The van der Waals surface area contributed by atoms with Crippen LogP contribution in [-0.4, -0.2) is 41.4 Å². The second kappa shape index (κ2) is 6.90. The predicted octanol–water partition coefficient (Wildman–Crippen LogP) is 2.40. The molecule has 122 valence electrons. The molecular weight excluding hydrogens is 326 g/mol. The maximum atomic E-state index is 9.93. The first kappa shape index (κ1) is 16.3. The Balaban J connectivity index is 1.97. The van der Waals surface area contributed by atoms with Crippen LogP contribution in [-0.2, 0) is 11.3 Å². The van der Waals surface area contributed by atoms with Gasteiger partial charge in [0.15, 0.2) is 11.5 Å². The van der Waals surface area contributed by atoms with E-state index >= 15 is 0 Å². The van der Waals surface area contributed by atoms with Crippen LogP contribution in [0.3, 0.4) is 0 Å². The minimum atomic E-state index is -0.491. The summed E-state index contributed by atoms with van der Waals surface area (Å²) in [5, 5.41) is 38.2. The number of nitriles is 2. The van der Waals surface area contributed by atoms with E-state index in [1.54, 1.807) is 0 Å². The fourth-order valence-electron chi connectivity index (χ4n) is 2.69. The third-order valence-corrected chi connectivity index (χ3v) is 4.99. The SMILES string of the molecule is N#Cc1cc(O)c(O)c(C#N)c1-c1ccc(CN2CCOCC2)s1. The summed E-state index contributed by atoms with van der Waals surface area (Å²) in [4.78, 5) is 4.11. The quantitative estimate of drug-likeness (QED) is 0.832. The average molecular weight is 341 g/mol. The third-order valence-electron chi connectivity index (χ3n) is 3.90. The Morgan fingerprint density at radius 1 is 1.17 bits per heavy atom. The van der Waals surface area contributed by atoms with Gasteiger partial charge in [0.1, 0.15) is 11.6 Å². The van der Waals surface area contributed by atoms with E-state index in [2.05, 4.69) is 4.90 Å². The Hall–Kier alpha value is -2.58. The highest BCUT2D eigenvalue weighted by Gasteiger charge is 2.21. The Labute approximate surface area is 143 Å². The summed E-state index contributed by atoms with van der Waals surface area (Å²) in [5.41, 5.74) is 0.460. The van der Waals surface area contributed by atoms with Crippen molar-refractivity contribution < 1.29 is 14.9 Å². The zero-order chi connectivity index (χ0) is 17.1. The van der Waals surface area contributed by atoms with Crippen LogP contribution >= 0.6 is 11.3 Å². The maximum absolute atomic E-state index is 9.93. The first-order valence-corrected chi connectivity index (χ1v) is 8.24. The molecule has 0 saturated carbocycles. The molecule has 0 amide bonds. The van der Waals surface area contributed by atoms with Gasteiger partial charge in [0.05, 0.1) is 24.8 Å². The summed E-state index contributed by atoms with van der Waals surface area (Å²) in [6.45, 7) is 3.98. The van der Waals surface area contributed by atoms with Crippen LogP contribution in [0.2, 0.25) is 0 Å². The molecule has 24 heavy (non-hydrogen) atoms. The number of nitrogens with zero attached hydrogens (tertiary/aromatic N) is 3. The predicted molar refractivity (Wildman–Crippen MR) is 88.6 cm³/mol. The molecule has 6 nitrogen and oxygen atoms in total. The van der Waals surface area contributed by atoms with Crippen LogP contribution in [0.5, 0.6) is 11.5 Å². The molecule has 2 N–H and O–H groups in total. The third kappa shape index (κ3) is 3.06. The highest BCUT2D eigenvalue weighted by Crippen LogP contribution is 2.41. The standard InChI is InChI=1S/C17H15N3O3S/c18-8-11-7-14(21)17(22)13(9-19)16(11)15-2-1-12(24-15)10-20-3-5-23-6-4-20/h1-2,7,21-22H,3-6,10H2. The molecule has 1 aromatic carbocycles. The maximum Gasteiger partial charge on any atom is 0.176 e. The van der Waals surface area contributed by atoms with Crippen LogP contribution in [0.1, 0.15) is 16.0 Å². The molecule has 0 atom stereocenters. The summed E-state index contributed by atoms with van der Waals surface area (Å²) in [5.74, 6) is -0.952. The van der Waals surface area contributed by atoms with E-state index in [9.17, 15) is 20.7 Å². The molecule has 3 rings (SSSR count). The lowest BCUT2D eigenvalue weighted by molar-refractivity contribution is 0.0346. The van der Waals surface area contributed by atoms with E-state index < -0.39 is 11.5 Å². The largest absolute Gasteiger partial charge is 0.504 e. The molecule has 1 aliphatic heterocycles. The normalized spacial score (nSPS) is 14.9. The van der Waals surface area contributed by atoms with Crippen molar-refractivity contribution in [2.75, 3.05) is 26.3 Å². The van der Waals surface area contributed by atoms with Gasteiger partial charge in [-0.05, 0) is 12.1 Å². The molecule has 1 fully saturated rings. The van der Waals surface area contributed by atoms with Crippen molar-refractivity contribution in [2.24, 2.45) is 0 Å². The van der Waals surface area contributed by atoms with Gasteiger partial charge in [0.2, 0.25) is 0 Å². The average Bonchev–Trinajstić information content (AvgIpc) is 3.05. The Bertz CT molecular complexity index is 842. The number of phenols is 2. The van der Waals surface area contributed by atoms with Crippen molar-refractivity contribution in [3.8, 4) is 34.1 Å². The second-order valence-corrected chi connectivity index (χ2v) is 6.59. The van der Waals surface area contributed by atoms with Gasteiger partial charge in [-0.2, -0.15) is 10.5 Å². The lowest BCUT2D eigenvalue weighted by atomic mass is 9.99. The van der Waals surface area contributed by atoms with Gasteiger partial charge < -0.3 is 14.9 Å². The van der Waals surface area contributed by atoms with Crippen molar-refractivity contribution in [3.05, 3.63) is 34.2 Å². The highest BCUT2D eigenvalue weighted by molar-refractivity contribution is 7.15. The molecule has 0 radical (unpaired) electrons. The Kier molecular flexibility index (Phi) is 4.68. The van der Waals surface area contributed by atoms with E-state index in [0.29, 0.717) is 5.56 Å². The molecule has 0 aliphatic carbocycles. The molecule has 7 heteroatoms. The van der Waals surface area contributed by atoms with Crippen LogP contribution in [0.25, 0.3) is 10.4 Å². The number of morpholine rings is 1. The van der Waals surface area contributed by atoms with Crippen molar-refractivity contribution in [3.63, 3.8) is 0 Å². The minimum Gasteiger partial charge on any atom is -0.504 e. The molecule has 0 unspecified atom stereocenters. The summed E-state index contributed by atoms with van der Waals surface area (Å²) < 4.78 is 5.34. The van der Waals surface area contributed by atoms with Gasteiger partial charge in [-0.15, -0.1) is 11.3 Å². The summed E-state index contributed by atoms with van der Waals surface area (Å²) in [6, 6.07) is 8.86. The second-order valence-electron chi connectivity index (χ2n) is 5.42. The smallest absolute Gasteiger partial charge is 0.176 e. The van der Waals surface area contributed by atoms with E-state index in [0.717, 1.165) is 42.6 Å². The number of rotatable bonds is 3. The van der Waals surface area contributed by atoms with Crippen LogP contribution in [0.4, 0.5) is 0 Å². The summed E-state index contributed by atoms with van der Waals surface area (Å²) in [6.07, 6.45) is 0. The first-order valence-electron chi connectivity index (χ1n) is 7.42. The van der Waals surface area contributed by atoms with Gasteiger partial charge in [-0.3, -0.25) is 4.90 Å². The number of benzene rings is 1. The summed E-state index contributed by atoms with van der Waals surface area (Å²) in [7, 11) is 0. The monoisotopic (exact) mass is 341 g/mol. The van der Waals surface area contributed by atoms with Crippen molar-refractivity contribution in [2.45, 2.75) is 6.54 Å². The van der Waals surface area contributed by atoms with Gasteiger partial charge >= 0.3 is 0 Å². The van der Waals surface area contributed by atoms with Crippen LogP contribution in [0.15, 0.2) is 18.2 Å². The Morgan fingerprint density at radius 3 is 2.58 bits per heavy atom. The van der Waals surface area contributed by atoms with Gasteiger partial charge in [-0.1, -0.05) is 0 Å². The van der Waals surface area contributed by atoms with E-state index in [-0.39, 0.29) is 11.1 Å². The topological polar surface area (TPSA) is 101 Å². The van der Waals surface area contributed by atoms with Crippen molar-refractivity contribution in [1.82, 2.24) is 4.90 Å². The molecule has 0 spiro atoms. The minimum absolute atomic E-state index is 0.0775. The fourth-order valence-corrected chi connectivity index (χ4v) is 3.80. The zero-order valence-corrected chi connectivity index (χ0v) is 13.6. The van der Waals surface area contributed by atoms with Crippen LogP contribution in [0, 0.1) is 22.7 Å².